The highest BCUT2D eigenvalue weighted by Crippen LogP contribution is 2.38. The van der Waals surface area contributed by atoms with Gasteiger partial charge in [-0.2, -0.15) is 0 Å². The third-order valence-corrected chi connectivity index (χ3v) is 7.16. The third kappa shape index (κ3) is 4.60. The number of carbonyl (C=O) groups is 1. The summed E-state index contributed by atoms with van der Waals surface area (Å²) in [6.07, 6.45) is 4.79. The number of rotatable bonds is 7. The first-order chi connectivity index (χ1) is 16.2. The number of aromatic amines is 1. The minimum atomic E-state index is -0.152. The van der Waals surface area contributed by atoms with Gasteiger partial charge >= 0.3 is 0 Å². The second-order valence-electron chi connectivity index (χ2n) is 9.01. The molecule has 3 heterocycles. The first-order valence-electron chi connectivity index (χ1n) is 11.8. The Morgan fingerprint density at radius 2 is 1.91 bits per heavy atom. The van der Waals surface area contributed by atoms with Crippen molar-refractivity contribution in [3.8, 4) is 5.75 Å². The van der Waals surface area contributed by atoms with Gasteiger partial charge in [-0.1, -0.05) is 23.7 Å². The Kier molecular flexibility index (Phi) is 6.58. The van der Waals surface area contributed by atoms with E-state index in [1.165, 1.54) is 5.56 Å². The molecule has 2 aliphatic rings. The van der Waals surface area contributed by atoms with Gasteiger partial charge in [0, 0.05) is 54.4 Å². The summed E-state index contributed by atoms with van der Waals surface area (Å²) in [6.45, 7) is 3.89. The predicted octanol–water partition coefficient (Wildman–Crippen LogP) is 4.15. The molecule has 1 fully saturated rings. The number of aromatic nitrogens is 1. The van der Waals surface area contributed by atoms with Gasteiger partial charge in [-0.3, -0.25) is 4.79 Å². The largest absolute Gasteiger partial charge is 0.490 e. The van der Waals surface area contributed by atoms with Crippen LogP contribution >= 0.6 is 11.6 Å². The minimum absolute atomic E-state index is 0.152. The third-order valence-electron chi connectivity index (χ3n) is 6.93. The molecule has 1 saturated heterocycles. The van der Waals surface area contributed by atoms with E-state index in [-0.39, 0.29) is 18.8 Å². The lowest BCUT2D eigenvalue weighted by atomic mass is 9.93. The predicted molar refractivity (Wildman–Crippen MR) is 130 cm³/mol. The molecule has 0 radical (unpaired) electrons. The molecule has 174 valence electrons. The van der Waals surface area contributed by atoms with Gasteiger partial charge in [0.15, 0.2) is 0 Å². The van der Waals surface area contributed by atoms with Crippen LogP contribution in [0.2, 0.25) is 5.02 Å². The molecule has 2 aromatic carbocycles. The second-order valence-corrected chi connectivity index (χ2v) is 9.44. The number of H-pyrrole nitrogens is 1. The van der Waals surface area contributed by atoms with Crippen LogP contribution in [-0.2, 0) is 11.2 Å². The Morgan fingerprint density at radius 1 is 1.12 bits per heavy atom. The maximum absolute atomic E-state index is 11.9. The summed E-state index contributed by atoms with van der Waals surface area (Å²) in [5.41, 5.74) is 4.41. The normalized spacial score (nSPS) is 19.6. The Bertz CT molecular complexity index is 1110. The fourth-order valence-electron chi connectivity index (χ4n) is 5.22. The van der Waals surface area contributed by atoms with Gasteiger partial charge in [0.05, 0.1) is 6.04 Å². The van der Waals surface area contributed by atoms with Crippen molar-refractivity contribution in [1.29, 1.82) is 0 Å². The van der Waals surface area contributed by atoms with Crippen molar-refractivity contribution in [3.05, 3.63) is 64.3 Å². The van der Waals surface area contributed by atoms with E-state index in [0.29, 0.717) is 6.54 Å². The maximum Gasteiger partial charge on any atom is 0.210 e. The average molecular weight is 468 g/mol. The molecule has 0 unspecified atom stereocenters. The van der Waals surface area contributed by atoms with Crippen LogP contribution in [0.4, 0.5) is 0 Å². The van der Waals surface area contributed by atoms with Crippen LogP contribution in [0.25, 0.3) is 10.9 Å². The lowest BCUT2D eigenvalue weighted by Crippen LogP contribution is -2.38. The number of nitrogens with zero attached hydrogens (tertiary/aromatic N) is 2. The van der Waals surface area contributed by atoms with Crippen LogP contribution in [0.15, 0.2) is 42.5 Å². The van der Waals surface area contributed by atoms with E-state index in [4.69, 9.17) is 21.4 Å². The first-order valence-corrected chi connectivity index (χ1v) is 12.1. The quantitative estimate of drug-likeness (QED) is 0.512. The number of ether oxygens (including phenoxy) is 1. The molecule has 0 spiro atoms. The summed E-state index contributed by atoms with van der Waals surface area (Å²) in [7, 11) is 0. The molecule has 1 amide bonds. The highest BCUT2D eigenvalue weighted by atomic mass is 35.5. The summed E-state index contributed by atoms with van der Waals surface area (Å²) in [4.78, 5) is 19.7. The summed E-state index contributed by atoms with van der Waals surface area (Å²) in [5, 5.41) is 10.9. The Morgan fingerprint density at radius 3 is 2.64 bits per heavy atom. The molecule has 2 N–H and O–H groups in total. The number of amides is 1. The molecule has 2 aliphatic heterocycles. The summed E-state index contributed by atoms with van der Waals surface area (Å²) in [5.74, 6) is 0.865. The number of aliphatic hydroxyl groups excluding tert-OH is 1. The molecule has 6 nitrogen and oxygen atoms in total. The van der Waals surface area contributed by atoms with Crippen molar-refractivity contribution in [2.75, 3.05) is 32.8 Å². The molecule has 0 saturated carbocycles. The van der Waals surface area contributed by atoms with Crippen molar-refractivity contribution in [1.82, 2.24) is 14.8 Å². The Hall–Kier alpha value is -2.54. The molecule has 7 heteroatoms. The zero-order valence-electron chi connectivity index (χ0n) is 18.7. The number of nitrogens with one attached hydrogen (secondary N) is 1. The first kappa shape index (κ1) is 22.3. The topological polar surface area (TPSA) is 68.8 Å². The number of piperidine rings is 1. The van der Waals surface area contributed by atoms with E-state index >= 15 is 0 Å². The van der Waals surface area contributed by atoms with Crippen molar-refractivity contribution >= 4 is 28.9 Å². The highest BCUT2D eigenvalue weighted by Gasteiger charge is 2.31. The molecule has 0 aliphatic carbocycles. The molecule has 5 rings (SSSR count). The molecule has 3 aromatic rings. The minimum Gasteiger partial charge on any atom is -0.490 e. The van der Waals surface area contributed by atoms with Crippen LogP contribution in [-0.4, -0.2) is 65.2 Å². The highest BCUT2D eigenvalue weighted by molar-refractivity contribution is 6.31. The number of fused-ring (bicyclic) bond motifs is 3. The number of hydrogen-bond acceptors (Lipinski definition) is 4. The number of hydrogen-bond donors (Lipinski definition) is 2. The lowest BCUT2D eigenvalue weighted by molar-refractivity contribution is -0.120. The van der Waals surface area contributed by atoms with Crippen LogP contribution in [0.3, 0.4) is 0 Å². The zero-order chi connectivity index (χ0) is 22.8. The van der Waals surface area contributed by atoms with Crippen LogP contribution < -0.4 is 4.74 Å². The average Bonchev–Trinajstić information content (AvgIpc) is 3.21. The van der Waals surface area contributed by atoms with Gasteiger partial charge in [-0.05, 0) is 67.1 Å². The molecule has 33 heavy (non-hydrogen) atoms. The number of halogens is 1. The molecule has 1 aromatic heterocycles. The molecule has 0 bridgehead atoms. The number of benzene rings is 2. The standard InChI is InChI=1S/C26H30ClN3O3/c27-19-4-7-24-23(16-19)22-10-14-30(17-32)26(25(22)28-24)18-2-5-20(6-3-18)33-21-8-12-29(13-9-21)11-1-15-31/h2-7,16-17,21,26,28,31H,1,8-15H2/t26-/m0/s1. The van der Waals surface area contributed by atoms with Gasteiger partial charge in [-0.15, -0.1) is 0 Å². The second kappa shape index (κ2) is 9.75. The van der Waals surface area contributed by atoms with Gasteiger partial charge in [0.2, 0.25) is 6.41 Å². The number of likely N-dealkylation sites (tertiary alicyclic amines) is 1. The summed E-state index contributed by atoms with van der Waals surface area (Å²) >= 11 is 6.25. The molecular weight excluding hydrogens is 438 g/mol. The van der Waals surface area contributed by atoms with E-state index in [9.17, 15) is 4.79 Å². The smallest absolute Gasteiger partial charge is 0.210 e. The van der Waals surface area contributed by atoms with Gasteiger partial charge in [0.1, 0.15) is 11.9 Å². The van der Waals surface area contributed by atoms with Crippen LogP contribution in [0.1, 0.15) is 42.1 Å². The van der Waals surface area contributed by atoms with Crippen molar-refractivity contribution in [2.45, 2.75) is 37.8 Å². The van der Waals surface area contributed by atoms with Crippen molar-refractivity contribution in [2.24, 2.45) is 0 Å². The van der Waals surface area contributed by atoms with Crippen LogP contribution in [0, 0.1) is 0 Å². The van der Waals surface area contributed by atoms with Crippen LogP contribution in [0.5, 0.6) is 5.75 Å². The van der Waals surface area contributed by atoms with Gasteiger partial charge in [-0.25, -0.2) is 0 Å². The monoisotopic (exact) mass is 467 g/mol. The maximum atomic E-state index is 11.9. The molecular formula is C26H30ClN3O3. The number of carbonyl (C=O) groups excluding carboxylic acids is 1. The number of aliphatic hydroxyl groups is 1. The van der Waals surface area contributed by atoms with Crippen molar-refractivity contribution < 1.29 is 14.6 Å². The summed E-state index contributed by atoms with van der Waals surface area (Å²) < 4.78 is 6.25. The summed E-state index contributed by atoms with van der Waals surface area (Å²) in [6, 6.07) is 13.9. The zero-order valence-corrected chi connectivity index (χ0v) is 19.4. The van der Waals surface area contributed by atoms with Gasteiger partial charge < -0.3 is 24.6 Å². The SMILES string of the molecule is O=CN1CCc2c([nH]c3ccc(Cl)cc23)[C@@H]1c1ccc(OC2CCN(CCCO)CC2)cc1. The van der Waals surface area contributed by atoms with E-state index in [1.807, 2.05) is 35.2 Å². The van der Waals surface area contributed by atoms with Crippen molar-refractivity contribution in [3.63, 3.8) is 0 Å². The van der Waals surface area contributed by atoms with E-state index in [1.54, 1.807) is 0 Å². The van der Waals surface area contributed by atoms with E-state index in [0.717, 1.165) is 84.7 Å². The Balaban J connectivity index is 1.32. The van der Waals surface area contributed by atoms with Gasteiger partial charge in [0.25, 0.3) is 0 Å². The van der Waals surface area contributed by atoms with E-state index < -0.39 is 0 Å². The van der Waals surface area contributed by atoms with E-state index in [2.05, 4.69) is 22.0 Å². The fraction of sp³-hybridized carbons (Fsp3) is 0.423. The Labute approximate surface area is 199 Å². The lowest BCUT2D eigenvalue weighted by Gasteiger charge is -2.34. The molecule has 1 atom stereocenters. The fourth-order valence-corrected chi connectivity index (χ4v) is 5.39.